The summed E-state index contributed by atoms with van der Waals surface area (Å²) in [5, 5.41) is -0.905. The van der Waals surface area contributed by atoms with Crippen LogP contribution in [0, 0.1) is 0 Å². The summed E-state index contributed by atoms with van der Waals surface area (Å²) in [6.07, 6.45) is 0.920. The summed E-state index contributed by atoms with van der Waals surface area (Å²) in [6.45, 7) is 1.16. The highest BCUT2D eigenvalue weighted by atomic mass is 32.2. The van der Waals surface area contributed by atoms with Crippen LogP contribution in [-0.2, 0) is 32.6 Å². The lowest BCUT2D eigenvalue weighted by Gasteiger charge is -2.29. The lowest BCUT2D eigenvalue weighted by molar-refractivity contribution is 0.0734. The van der Waals surface area contributed by atoms with Gasteiger partial charge in [-0.15, -0.1) is 0 Å². The van der Waals surface area contributed by atoms with Crippen molar-refractivity contribution >= 4 is 25.6 Å². The molecule has 6 nitrogen and oxygen atoms in total. The third-order valence-electron chi connectivity index (χ3n) is 5.48. The third-order valence-corrected chi connectivity index (χ3v) is 9.67. The second kappa shape index (κ2) is 7.00. The first-order valence-corrected chi connectivity index (χ1v) is 12.5. The maximum absolute atomic E-state index is 12.8. The molecule has 28 heavy (non-hydrogen) atoms. The molecule has 0 radical (unpaired) electrons. The maximum Gasteiger partial charge on any atom is 0.254 e. The molecule has 1 saturated heterocycles. The predicted octanol–water partition coefficient (Wildman–Crippen LogP) is 1.85. The first kappa shape index (κ1) is 19.1. The zero-order chi connectivity index (χ0) is 19.9. The second-order valence-electron chi connectivity index (χ2n) is 7.34. The molecule has 148 valence electrons. The number of benzene rings is 2. The molecule has 8 heteroatoms. The van der Waals surface area contributed by atoms with Crippen molar-refractivity contribution in [1.82, 2.24) is 4.90 Å². The average Bonchev–Trinajstić information content (AvgIpc) is 3.07. The van der Waals surface area contributed by atoms with Gasteiger partial charge in [-0.3, -0.25) is 4.79 Å². The first-order chi connectivity index (χ1) is 13.3. The van der Waals surface area contributed by atoms with Crippen LogP contribution in [0.2, 0.25) is 0 Å². The number of hydrogen-bond donors (Lipinski definition) is 0. The Hall–Kier alpha value is -2.19. The van der Waals surface area contributed by atoms with Crippen molar-refractivity contribution in [2.45, 2.75) is 29.5 Å². The van der Waals surface area contributed by atoms with Crippen molar-refractivity contribution in [3.63, 3.8) is 0 Å². The van der Waals surface area contributed by atoms with Gasteiger partial charge >= 0.3 is 0 Å². The van der Waals surface area contributed by atoms with Crippen LogP contribution in [0.3, 0.4) is 0 Å². The maximum atomic E-state index is 12.8. The molecule has 2 aromatic rings. The minimum absolute atomic E-state index is 0.0649. The monoisotopic (exact) mass is 419 g/mol. The lowest BCUT2D eigenvalue weighted by Crippen LogP contribution is -2.35. The van der Waals surface area contributed by atoms with E-state index in [1.54, 1.807) is 4.90 Å². The van der Waals surface area contributed by atoms with Gasteiger partial charge in [-0.2, -0.15) is 0 Å². The number of carbonyl (C=O) groups is 1. The third kappa shape index (κ3) is 3.58. The van der Waals surface area contributed by atoms with Gasteiger partial charge in [-0.05, 0) is 48.2 Å². The number of hydrogen-bond acceptors (Lipinski definition) is 5. The molecule has 0 spiro atoms. The van der Waals surface area contributed by atoms with Crippen molar-refractivity contribution in [2.24, 2.45) is 0 Å². The van der Waals surface area contributed by atoms with Gasteiger partial charge in [0.25, 0.3) is 5.91 Å². The molecule has 2 aromatic carbocycles. The highest BCUT2D eigenvalue weighted by Gasteiger charge is 2.38. The number of rotatable bonds is 3. The van der Waals surface area contributed by atoms with Crippen LogP contribution in [0.1, 0.15) is 27.9 Å². The van der Waals surface area contributed by atoms with E-state index in [0.29, 0.717) is 18.7 Å². The first-order valence-electron chi connectivity index (χ1n) is 9.17. The fraction of sp³-hybridized carbons (Fsp3) is 0.350. The quantitative estimate of drug-likeness (QED) is 0.758. The summed E-state index contributed by atoms with van der Waals surface area (Å²) in [5.74, 6) is -0.561. The summed E-state index contributed by atoms with van der Waals surface area (Å²) >= 11 is 0. The van der Waals surface area contributed by atoms with Crippen molar-refractivity contribution in [2.75, 3.05) is 18.1 Å². The molecule has 0 aliphatic carbocycles. The van der Waals surface area contributed by atoms with Gasteiger partial charge in [0, 0.05) is 18.7 Å². The average molecular weight is 420 g/mol. The lowest BCUT2D eigenvalue weighted by atomic mass is 9.99. The van der Waals surface area contributed by atoms with Gasteiger partial charge in [0.05, 0.1) is 21.7 Å². The van der Waals surface area contributed by atoms with Gasteiger partial charge in [-0.1, -0.05) is 24.3 Å². The summed E-state index contributed by atoms with van der Waals surface area (Å²) in [7, 11) is -7.01. The molecule has 1 amide bonds. The van der Waals surface area contributed by atoms with Gasteiger partial charge in [-0.25, -0.2) is 16.8 Å². The van der Waals surface area contributed by atoms with Crippen LogP contribution < -0.4 is 0 Å². The SMILES string of the molecule is O=C(c1ccc(S(=O)(=O)[C@H]2CCS(=O)(=O)C2)cc1)N1CCc2ccccc2C1. The van der Waals surface area contributed by atoms with E-state index >= 15 is 0 Å². The predicted molar refractivity (Wildman–Crippen MR) is 106 cm³/mol. The Labute approximate surface area is 165 Å². The standard InChI is InChI=1S/C20H21NO5S2/c22-20(21-11-9-15-3-1-2-4-17(15)13-21)16-5-7-18(8-6-16)28(25,26)19-10-12-27(23,24)14-19/h1-8,19H,9-14H2/t19-/m0/s1. The largest absolute Gasteiger partial charge is 0.334 e. The fourth-order valence-electron chi connectivity index (χ4n) is 3.84. The smallest absolute Gasteiger partial charge is 0.254 e. The van der Waals surface area contributed by atoms with E-state index in [-0.39, 0.29) is 28.7 Å². The summed E-state index contributed by atoms with van der Waals surface area (Å²) in [4.78, 5) is 14.6. The normalized spacial score (nSPS) is 21.3. The number of fused-ring (bicyclic) bond motifs is 1. The van der Waals surface area contributed by atoms with Crippen molar-refractivity contribution < 1.29 is 21.6 Å². The van der Waals surface area contributed by atoms with E-state index in [4.69, 9.17) is 0 Å². The highest BCUT2D eigenvalue weighted by Crippen LogP contribution is 2.26. The van der Waals surface area contributed by atoms with Crippen LogP contribution in [0.15, 0.2) is 53.4 Å². The summed E-state index contributed by atoms with van der Waals surface area (Å²) < 4.78 is 48.6. The molecule has 0 aromatic heterocycles. The Balaban J connectivity index is 1.51. The van der Waals surface area contributed by atoms with Crippen LogP contribution >= 0.6 is 0 Å². The van der Waals surface area contributed by atoms with Crippen molar-refractivity contribution in [3.8, 4) is 0 Å². The second-order valence-corrected chi connectivity index (χ2v) is 11.8. The zero-order valence-electron chi connectivity index (χ0n) is 15.2. The van der Waals surface area contributed by atoms with E-state index in [1.807, 2.05) is 18.2 Å². The van der Waals surface area contributed by atoms with E-state index in [0.717, 1.165) is 12.0 Å². The molecular formula is C20H21NO5S2. The fourth-order valence-corrected chi connectivity index (χ4v) is 8.20. The molecule has 2 heterocycles. The van der Waals surface area contributed by atoms with Crippen LogP contribution in [0.25, 0.3) is 0 Å². The molecule has 0 unspecified atom stereocenters. The molecule has 2 aliphatic rings. The van der Waals surface area contributed by atoms with Gasteiger partial charge in [0.15, 0.2) is 19.7 Å². The van der Waals surface area contributed by atoms with Gasteiger partial charge in [0.2, 0.25) is 0 Å². The minimum atomic E-state index is -3.72. The molecule has 1 fully saturated rings. The van der Waals surface area contributed by atoms with Crippen LogP contribution in [0.4, 0.5) is 0 Å². The van der Waals surface area contributed by atoms with Crippen LogP contribution in [0.5, 0.6) is 0 Å². The van der Waals surface area contributed by atoms with E-state index < -0.39 is 24.9 Å². The number of nitrogens with zero attached hydrogens (tertiary/aromatic N) is 1. The Morgan fingerprint density at radius 3 is 2.32 bits per heavy atom. The molecule has 1 atom stereocenters. The number of amides is 1. The highest BCUT2D eigenvalue weighted by molar-refractivity contribution is 7.96. The molecule has 0 N–H and O–H groups in total. The Kier molecular flexibility index (Phi) is 4.79. The van der Waals surface area contributed by atoms with Gasteiger partial charge in [0.1, 0.15) is 0 Å². The molecular weight excluding hydrogens is 398 g/mol. The molecule has 0 saturated carbocycles. The topological polar surface area (TPSA) is 88.6 Å². The number of sulfone groups is 2. The van der Waals surface area contributed by atoms with E-state index in [9.17, 15) is 21.6 Å². The Morgan fingerprint density at radius 1 is 1.00 bits per heavy atom. The molecule has 0 bridgehead atoms. The summed E-state index contributed by atoms with van der Waals surface area (Å²) in [6, 6.07) is 13.9. The van der Waals surface area contributed by atoms with Crippen molar-refractivity contribution in [3.05, 3.63) is 65.2 Å². The Bertz CT molecular complexity index is 1120. The van der Waals surface area contributed by atoms with Crippen molar-refractivity contribution in [1.29, 1.82) is 0 Å². The van der Waals surface area contributed by atoms with E-state index in [1.165, 1.54) is 29.8 Å². The van der Waals surface area contributed by atoms with Gasteiger partial charge < -0.3 is 4.90 Å². The zero-order valence-corrected chi connectivity index (χ0v) is 16.9. The molecule has 2 aliphatic heterocycles. The Morgan fingerprint density at radius 2 is 1.68 bits per heavy atom. The minimum Gasteiger partial charge on any atom is -0.334 e. The number of carbonyl (C=O) groups excluding carboxylic acids is 1. The molecule has 4 rings (SSSR count). The van der Waals surface area contributed by atoms with Crippen LogP contribution in [-0.4, -0.2) is 50.9 Å². The van der Waals surface area contributed by atoms with E-state index in [2.05, 4.69) is 6.07 Å². The summed E-state index contributed by atoms with van der Waals surface area (Å²) in [5.41, 5.74) is 2.81.